The average molecular weight is 446 g/mol. The van der Waals surface area contributed by atoms with Crippen LogP contribution in [0.25, 0.3) is 22.1 Å². The van der Waals surface area contributed by atoms with E-state index in [4.69, 9.17) is 28.8 Å². The molecule has 0 amide bonds. The maximum absolute atomic E-state index is 5.71. The molecule has 0 aliphatic carbocycles. The molecule has 4 rings (SSSR count). The van der Waals surface area contributed by atoms with Gasteiger partial charge >= 0.3 is 0 Å². The highest BCUT2D eigenvalue weighted by Crippen LogP contribution is 2.23. The number of nitrogens with zero attached hydrogens (tertiary/aromatic N) is 6. The van der Waals surface area contributed by atoms with Crippen molar-refractivity contribution in [2.45, 2.75) is 0 Å². The predicted molar refractivity (Wildman–Crippen MR) is 94.3 cm³/mol. The van der Waals surface area contributed by atoms with Gasteiger partial charge in [0.2, 0.25) is 5.95 Å². The Morgan fingerprint density at radius 2 is 1.65 bits per heavy atom. The number of aromatic amines is 2. The molecule has 0 fully saturated rings. The normalized spacial score (nSPS) is 10.7. The maximum Gasteiger partial charge on any atom is 0.224 e. The van der Waals surface area contributed by atoms with Gasteiger partial charge < -0.3 is 17.2 Å². The molecule has 4 aromatic rings. The summed E-state index contributed by atoms with van der Waals surface area (Å²) in [4.78, 5) is 15.3. The number of nitrogens with one attached hydrogen (secondary N) is 2. The smallest absolute Gasteiger partial charge is 0.224 e. The van der Waals surface area contributed by atoms with Gasteiger partial charge in [-0.1, -0.05) is 11.6 Å². The van der Waals surface area contributed by atoms with Gasteiger partial charge in [0.25, 0.3) is 0 Å². The molecule has 0 radical (unpaired) electrons. The van der Waals surface area contributed by atoms with Crippen molar-refractivity contribution in [1.29, 1.82) is 0 Å². The molecule has 8 N–H and O–H groups in total. The van der Waals surface area contributed by atoms with Crippen LogP contribution in [-0.2, 0) is 0 Å². The molecule has 0 saturated carbocycles. The zero-order chi connectivity index (χ0) is 16.6. The van der Waals surface area contributed by atoms with Gasteiger partial charge in [-0.05, 0) is 22.6 Å². The van der Waals surface area contributed by atoms with Crippen LogP contribution in [0, 0.1) is 3.70 Å². The van der Waals surface area contributed by atoms with E-state index >= 15 is 0 Å². The number of nitrogens with two attached hydrogens (primary N) is 3. The summed E-state index contributed by atoms with van der Waals surface area (Å²) in [5.74, 6) is 0.785. The third kappa shape index (κ3) is 2.89. The fourth-order valence-electron chi connectivity index (χ4n) is 1.78. The Bertz CT molecular complexity index is 993. The number of aromatic nitrogens is 8. The summed E-state index contributed by atoms with van der Waals surface area (Å²) < 4.78 is 0.871. The quantitative estimate of drug-likeness (QED) is 0.243. The van der Waals surface area contributed by atoms with E-state index in [1.165, 1.54) is 6.33 Å². The second-order valence-electron chi connectivity index (χ2n) is 4.20. The third-order valence-electron chi connectivity index (χ3n) is 2.75. The molecule has 0 spiro atoms. The number of anilines is 3. The van der Waals surface area contributed by atoms with Crippen LogP contribution in [0.1, 0.15) is 0 Å². The molecule has 4 aromatic heterocycles. The number of rotatable bonds is 0. The topological polar surface area (TPSA) is 187 Å². The first-order valence-electron chi connectivity index (χ1n) is 6.00. The van der Waals surface area contributed by atoms with Crippen LogP contribution >= 0.6 is 34.2 Å². The minimum Gasteiger partial charge on any atom is -0.383 e. The summed E-state index contributed by atoms with van der Waals surface area (Å²) in [6.45, 7) is 0. The molecule has 13 heteroatoms. The molecule has 0 saturated heterocycles. The Labute approximate surface area is 146 Å². The van der Waals surface area contributed by atoms with Crippen LogP contribution < -0.4 is 17.2 Å². The summed E-state index contributed by atoms with van der Waals surface area (Å²) in [6, 6.07) is 0. The number of hydrogen-bond donors (Lipinski definition) is 5. The van der Waals surface area contributed by atoms with Gasteiger partial charge in [-0.15, -0.1) is 0 Å². The van der Waals surface area contributed by atoms with Gasteiger partial charge in [0.1, 0.15) is 32.2 Å². The Kier molecular flexibility index (Phi) is 3.99. The Hall–Kier alpha value is -2.48. The van der Waals surface area contributed by atoms with Crippen molar-refractivity contribution < 1.29 is 0 Å². The van der Waals surface area contributed by atoms with Crippen molar-refractivity contribution in [2.24, 2.45) is 0 Å². The SMILES string of the molecule is Nc1nc(N)c2c(Cl)[nH]nc2n1.Nc1ncnc2n[nH]c(I)c12. The highest BCUT2D eigenvalue weighted by atomic mass is 127. The number of fused-ring (bicyclic) bond motifs is 2. The first-order valence-corrected chi connectivity index (χ1v) is 7.45. The van der Waals surface area contributed by atoms with Gasteiger partial charge in [-0.25, -0.2) is 9.97 Å². The van der Waals surface area contributed by atoms with E-state index in [-0.39, 0.29) is 11.8 Å². The van der Waals surface area contributed by atoms with E-state index in [9.17, 15) is 0 Å². The van der Waals surface area contributed by atoms with Crippen molar-refractivity contribution in [1.82, 2.24) is 40.3 Å². The van der Waals surface area contributed by atoms with Gasteiger partial charge in [-0.2, -0.15) is 20.2 Å². The van der Waals surface area contributed by atoms with Gasteiger partial charge in [0.05, 0.1) is 5.39 Å². The minimum absolute atomic E-state index is 0.0863. The molecule has 0 bridgehead atoms. The number of hydrogen-bond acceptors (Lipinski definition) is 9. The van der Waals surface area contributed by atoms with Gasteiger partial charge in [-0.3, -0.25) is 10.2 Å². The second kappa shape index (κ2) is 5.96. The van der Waals surface area contributed by atoms with Crippen LogP contribution in [0.2, 0.25) is 5.15 Å². The summed E-state index contributed by atoms with van der Waals surface area (Å²) >= 11 is 7.81. The summed E-state index contributed by atoms with van der Waals surface area (Å²) in [7, 11) is 0. The van der Waals surface area contributed by atoms with Crippen LogP contribution in [-0.4, -0.2) is 40.3 Å². The van der Waals surface area contributed by atoms with E-state index < -0.39 is 0 Å². The van der Waals surface area contributed by atoms with Crippen molar-refractivity contribution in [3.8, 4) is 0 Å². The summed E-state index contributed by atoms with van der Waals surface area (Å²) in [5.41, 5.74) is 17.4. The Morgan fingerprint density at radius 1 is 0.913 bits per heavy atom. The highest BCUT2D eigenvalue weighted by molar-refractivity contribution is 14.1. The zero-order valence-electron chi connectivity index (χ0n) is 11.2. The van der Waals surface area contributed by atoms with Crippen LogP contribution in [0.15, 0.2) is 6.33 Å². The number of halogens is 2. The summed E-state index contributed by atoms with van der Waals surface area (Å²) in [5, 5.41) is 14.6. The maximum atomic E-state index is 5.71. The molecule has 0 atom stereocenters. The van der Waals surface area contributed by atoms with Crippen LogP contribution in [0.5, 0.6) is 0 Å². The molecule has 4 heterocycles. The number of nitrogen functional groups attached to an aromatic ring is 3. The molecule has 0 aliphatic rings. The Morgan fingerprint density at radius 3 is 2.39 bits per heavy atom. The average Bonchev–Trinajstić information content (AvgIpc) is 3.05. The van der Waals surface area contributed by atoms with E-state index in [2.05, 4.69) is 62.9 Å². The molecule has 11 nitrogen and oxygen atoms in total. The van der Waals surface area contributed by atoms with E-state index in [0.717, 1.165) is 9.09 Å². The lowest BCUT2D eigenvalue weighted by Gasteiger charge is -1.94. The second-order valence-corrected chi connectivity index (χ2v) is 5.66. The van der Waals surface area contributed by atoms with Crippen LogP contribution in [0.4, 0.5) is 17.6 Å². The fraction of sp³-hybridized carbons (Fsp3) is 0. The molecule has 23 heavy (non-hydrogen) atoms. The third-order valence-corrected chi connectivity index (χ3v) is 3.80. The Balaban J connectivity index is 0.000000136. The lowest BCUT2D eigenvalue weighted by molar-refractivity contribution is 1.07. The van der Waals surface area contributed by atoms with Crippen molar-refractivity contribution in [2.75, 3.05) is 17.2 Å². The predicted octanol–water partition coefficient (Wildman–Crippen LogP) is 0.710. The van der Waals surface area contributed by atoms with Crippen molar-refractivity contribution in [3.05, 3.63) is 15.2 Å². The molecule has 118 valence electrons. The monoisotopic (exact) mass is 445 g/mol. The van der Waals surface area contributed by atoms with Crippen LogP contribution in [0.3, 0.4) is 0 Å². The summed E-state index contributed by atoms with van der Waals surface area (Å²) in [6.07, 6.45) is 1.40. The first kappa shape index (κ1) is 15.4. The van der Waals surface area contributed by atoms with E-state index in [1.807, 2.05) is 0 Å². The molecular formula is C10H9ClIN11. The van der Waals surface area contributed by atoms with E-state index in [0.29, 0.717) is 27.7 Å². The largest absolute Gasteiger partial charge is 0.383 e. The minimum atomic E-state index is 0.0863. The van der Waals surface area contributed by atoms with Crippen molar-refractivity contribution >= 4 is 73.8 Å². The molecule has 0 unspecified atom stereocenters. The van der Waals surface area contributed by atoms with E-state index in [1.54, 1.807) is 0 Å². The first-order chi connectivity index (χ1) is 11.0. The standard InChI is InChI=1S/C5H5ClN6.C5H4IN5/c6-2-1-3(7)9-5(8)10-4(1)12-11-2;6-3-2-4(7)8-1-9-5(2)11-10-3/h(H5,7,8,9,10,11,12);1H,(H3,7,8,9,10,11). The molecule has 0 aromatic carbocycles. The molecule has 0 aliphatic heterocycles. The zero-order valence-corrected chi connectivity index (χ0v) is 14.2. The van der Waals surface area contributed by atoms with Gasteiger partial charge in [0.15, 0.2) is 11.3 Å². The lowest BCUT2D eigenvalue weighted by atomic mass is 10.4. The lowest BCUT2D eigenvalue weighted by Crippen LogP contribution is -1.99. The van der Waals surface area contributed by atoms with Gasteiger partial charge in [0, 0.05) is 0 Å². The van der Waals surface area contributed by atoms with Crippen molar-refractivity contribution in [3.63, 3.8) is 0 Å². The fourth-order valence-corrected chi connectivity index (χ4v) is 2.64. The number of H-pyrrole nitrogens is 2. The highest BCUT2D eigenvalue weighted by Gasteiger charge is 2.09. The molecular weight excluding hydrogens is 437 g/mol.